The summed E-state index contributed by atoms with van der Waals surface area (Å²) in [6.45, 7) is 2.46. The molecule has 6 heteroatoms. The van der Waals surface area contributed by atoms with Crippen LogP contribution >= 0.6 is 24.0 Å². The smallest absolute Gasteiger partial charge is 0.307 e. The Balaban J connectivity index is 0.00000242. The molecule has 0 bridgehead atoms. The molecule has 0 spiro atoms. The number of para-hydroxylation sites is 1. The molecule has 2 rings (SSSR count). The summed E-state index contributed by atoms with van der Waals surface area (Å²) in [4.78, 5) is 18.0. The highest BCUT2D eigenvalue weighted by Gasteiger charge is 2.15. The van der Waals surface area contributed by atoms with Crippen molar-refractivity contribution in [1.29, 1.82) is 0 Å². The molecule has 0 saturated carbocycles. The first kappa shape index (κ1) is 18.7. The van der Waals surface area contributed by atoms with Crippen LogP contribution in [0.1, 0.15) is 25.7 Å². The number of benzene rings is 1. The quantitative estimate of drug-likeness (QED) is 0.354. The van der Waals surface area contributed by atoms with Gasteiger partial charge in [0.2, 0.25) is 0 Å². The van der Waals surface area contributed by atoms with E-state index in [2.05, 4.69) is 19.9 Å². The molecule has 1 N–H and O–H groups in total. The van der Waals surface area contributed by atoms with Gasteiger partial charge in [-0.25, -0.2) is 0 Å². The maximum absolute atomic E-state index is 11.2. The molecule has 1 aliphatic heterocycles. The lowest BCUT2D eigenvalue weighted by Crippen LogP contribution is -2.40. The number of carbonyl (C=O) groups excluding carboxylic acids is 1. The molecule has 122 valence electrons. The highest BCUT2D eigenvalue weighted by atomic mass is 127. The number of carbonyl (C=O) groups is 1. The molecule has 0 aromatic heterocycles. The van der Waals surface area contributed by atoms with E-state index in [0.29, 0.717) is 13.0 Å². The Hall–Kier alpha value is -1.31. The minimum atomic E-state index is -0.226. The summed E-state index contributed by atoms with van der Waals surface area (Å²) in [6, 6.07) is 9.99. The molecule has 1 heterocycles. The van der Waals surface area contributed by atoms with Gasteiger partial charge in [-0.2, -0.15) is 0 Å². The third-order valence-corrected chi connectivity index (χ3v) is 3.49. The normalized spacial score (nSPS) is 15.0. The minimum absolute atomic E-state index is 0. The van der Waals surface area contributed by atoms with Crippen LogP contribution in [0.3, 0.4) is 0 Å². The fourth-order valence-electron chi connectivity index (χ4n) is 2.33. The summed E-state index contributed by atoms with van der Waals surface area (Å²) < 4.78 is 4.65. The van der Waals surface area contributed by atoms with Gasteiger partial charge in [-0.3, -0.25) is 9.79 Å². The summed E-state index contributed by atoms with van der Waals surface area (Å²) in [7, 11) is 1.40. The standard InChI is InChI=1S/C16H23N3O2.HI/c1-21-15(20)10-11-17-16(19-12-6-3-7-13-19)18-14-8-4-2-5-9-14;/h2,4-5,8-9H,3,6-7,10-13H2,1H3,(H,17,18);1H. The number of halogens is 1. The molecule has 22 heavy (non-hydrogen) atoms. The third-order valence-electron chi connectivity index (χ3n) is 3.49. The first-order chi connectivity index (χ1) is 10.3. The molecule has 1 fully saturated rings. The second kappa shape index (κ2) is 10.4. The number of esters is 1. The van der Waals surface area contributed by atoms with Crippen molar-refractivity contribution in [1.82, 2.24) is 4.90 Å². The van der Waals surface area contributed by atoms with Gasteiger partial charge in [0.15, 0.2) is 5.96 Å². The van der Waals surface area contributed by atoms with Crippen LogP contribution in [0.5, 0.6) is 0 Å². The van der Waals surface area contributed by atoms with Crippen LogP contribution in [-0.2, 0) is 9.53 Å². The predicted molar refractivity (Wildman–Crippen MR) is 99.8 cm³/mol. The highest BCUT2D eigenvalue weighted by Crippen LogP contribution is 2.12. The van der Waals surface area contributed by atoms with Gasteiger partial charge in [0.25, 0.3) is 0 Å². The van der Waals surface area contributed by atoms with Crippen LogP contribution < -0.4 is 5.32 Å². The fourth-order valence-corrected chi connectivity index (χ4v) is 2.33. The summed E-state index contributed by atoms with van der Waals surface area (Å²) in [6.07, 6.45) is 3.96. The zero-order valence-corrected chi connectivity index (χ0v) is 15.3. The number of ether oxygens (including phenoxy) is 1. The van der Waals surface area contributed by atoms with E-state index in [-0.39, 0.29) is 29.9 Å². The minimum Gasteiger partial charge on any atom is -0.469 e. The molecule has 1 aromatic rings. The maximum Gasteiger partial charge on any atom is 0.307 e. The van der Waals surface area contributed by atoms with Crippen molar-refractivity contribution in [2.45, 2.75) is 25.7 Å². The average Bonchev–Trinajstić information content (AvgIpc) is 2.55. The van der Waals surface area contributed by atoms with Gasteiger partial charge in [0.05, 0.1) is 20.1 Å². The number of methoxy groups -OCH3 is 1. The van der Waals surface area contributed by atoms with Crippen LogP contribution in [0.15, 0.2) is 35.3 Å². The third kappa shape index (κ3) is 6.21. The van der Waals surface area contributed by atoms with Crippen LogP contribution in [0.25, 0.3) is 0 Å². The monoisotopic (exact) mass is 417 g/mol. The van der Waals surface area contributed by atoms with E-state index in [1.807, 2.05) is 30.3 Å². The van der Waals surface area contributed by atoms with Crippen molar-refractivity contribution >= 4 is 41.6 Å². The molecular weight excluding hydrogens is 393 g/mol. The molecule has 1 aromatic carbocycles. The van der Waals surface area contributed by atoms with Gasteiger partial charge >= 0.3 is 5.97 Å². The van der Waals surface area contributed by atoms with E-state index in [4.69, 9.17) is 0 Å². The summed E-state index contributed by atoms with van der Waals surface area (Å²) in [5.74, 6) is 0.626. The van der Waals surface area contributed by atoms with Crippen LogP contribution in [0.4, 0.5) is 5.69 Å². The summed E-state index contributed by atoms with van der Waals surface area (Å²) in [5, 5.41) is 3.36. The van der Waals surface area contributed by atoms with Gasteiger partial charge in [-0.1, -0.05) is 18.2 Å². The molecule has 0 unspecified atom stereocenters. The Morgan fingerprint density at radius 2 is 1.91 bits per heavy atom. The largest absolute Gasteiger partial charge is 0.469 e. The Morgan fingerprint density at radius 1 is 1.23 bits per heavy atom. The van der Waals surface area contributed by atoms with Gasteiger partial charge in [-0.15, -0.1) is 24.0 Å². The lowest BCUT2D eigenvalue weighted by molar-refractivity contribution is -0.140. The van der Waals surface area contributed by atoms with E-state index in [9.17, 15) is 4.79 Å². The Bertz CT molecular complexity index is 474. The number of hydrogen-bond donors (Lipinski definition) is 1. The number of anilines is 1. The zero-order valence-electron chi connectivity index (χ0n) is 13.0. The molecule has 1 saturated heterocycles. The first-order valence-electron chi connectivity index (χ1n) is 7.48. The van der Waals surface area contributed by atoms with Gasteiger partial charge in [-0.05, 0) is 31.4 Å². The highest BCUT2D eigenvalue weighted by molar-refractivity contribution is 14.0. The van der Waals surface area contributed by atoms with Gasteiger partial charge in [0.1, 0.15) is 0 Å². The average molecular weight is 417 g/mol. The van der Waals surface area contributed by atoms with E-state index in [1.54, 1.807) is 0 Å². The fraction of sp³-hybridized carbons (Fsp3) is 0.500. The number of piperidine rings is 1. The number of likely N-dealkylation sites (tertiary alicyclic amines) is 1. The number of nitrogens with zero attached hydrogens (tertiary/aromatic N) is 2. The van der Waals surface area contributed by atoms with Crippen molar-refractivity contribution in [3.8, 4) is 0 Å². The number of hydrogen-bond acceptors (Lipinski definition) is 3. The predicted octanol–water partition coefficient (Wildman–Crippen LogP) is 3.12. The van der Waals surface area contributed by atoms with E-state index >= 15 is 0 Å². The Morgan fingerprint density at radius 3 is 2.55 bits per heavy atom. The summed E-state index contributed by atoms with van der Waals surface area (Å²) in [5.41, 5.74) is 1.01. The zero-order chi connectivity index (χ0) is 14.9. The van der Waals surface area contributed by atoms with Crippen LogP contribution in [0.2, 0.25) is 0 Å². The van der Waals surface area contributed by atoms with Crippen molar-refractivity contribution in [3.63, 3.8) is 0 Å². The van der Waals surface area contributed by atoms with E-state index < -0.39 is 0 Å². The van der Waals surface area contributed by atoms with Gasteiger partial charge in [0, 0.05) is 18.8 Å². The Kier molecular flexibility index (Phi) is 8.88. The maximum atomic E-state index is 11.2. The second-order valence-corrected chi connectivity index (χ2v) is 5.07. The lowest BCUT2D eigenvalue weighted by Gasteiger charge is -2.30. The molecule has 1 aliphatic rings. The van der Waals surface area contributed by atoms with Crippen molar-refractivity contribution in [2.75, 3.05) is 32.1 Å². The number of aliphatic imine (C=N–C) groups is 1. The van der Waals surface area contributed by atoms with Crippen molar-refractivity contribution < 1.29 is 9.53 Å². The number of guanidine groups is 1. The lowest BCUT2D eigenvalue weighted by atomic mass is 10.1. The van der Waals surface area contributed by atoms with Gasteiger partial charge < -0.3 is 15.0 Å². The van der Waals surface area contributed by atoms with E-state index in [1.165, 1.54) is 26.4 Å². The van der Waals surface area contributed by atoms with Crippen LogP contribution in [0, 0.1) is 0 Å². The molecule has 5 nitrogen and oxygen atoms in total. The topological polar surface area (TPSA) is 53.9 Å². The number of rotatable bonds is 4. The molecule has 0 aliphatic carbocycles. The second-order valence-electron chi connectivity index (χ2n) is 5.07. The van der Waals surface area contributed by atoms with Crippen LogP contribution in [-0.4, -0.2) is 43.6 Å². The SMILES string of the molecule is COC(=O)CCN=C(Nc1ccccc1)N1CCCCC1.I. The molecule has 0 amide bonds. The number of nitrogens with one attached hydrogen (secondary N) is 1. The van der Waals surface area contributed by atoms with Crippen molar-refractivity contribution in [2.24, 2.45) is 4.99 Å². The van der Waals surface area contributed by atoms with E-state index in [0.717, 1.165) is 24.7 Å². The first-order valence-corrected chi connectivity index (χ1v) is 7.48. The molecular formula is C16H24IN3O2. The van der Waals surface area contributed by atoms with Crippen molar-refractivity contribution in [3.05, 3.63) is 30.3 Å². The summed E-state index contributed by atoms with van der Waals surface area (Å²) >= 11 is 0. The Labute approximate surface area is 149 Å². The molecule has 0 atom stereocenters. The molecule has 0 radical (unpaired) electrons.